The van der Waals surface area contributed by atoms with Gasteiger partial charge >= 0.3 is 12.3 Å². The minimum Gasteiger partial charge on any atom is -0.445 e. The molecule has 0 fully saturated rings. The minimum atomic E-state index is -4.62. The highest BCUT2D eigenvalue weighted by molar-refractivity contribution is 5.99. The third kappa shape index (κ3) is 5.85. The summed E-state index contributed by atoms with van der Waals surface area (Å²) in [6, 6.07) is 13.2. The Bertz CT molecular complexity index is 845. The number of nitriles is 1. The number of amides is 1. The predicted octanol–water partition coefficient (Wildman–Crippen LogP) is 3.64. The summed E-state index contributed by atoms with van der Waals surface area (Å²) < 4.78 is 44.2. The molecule has 0 aliphatic carbocycles. The number of halogens is 3. The van der Waals surface area contributed by atoms with Gasteiger partial charge in [-0.05, 0) is 17.2 Å². The standard InChI is InChI=1S/C19H15F3N2O3/c20-19(21,22)15-9-5-4-8-14(15)10-16(17(25)11-23)24-18(26)27-12-13-6-2-1-3-7-13/h1-9,16H,10,12H2,(H,24,26)/t16-/m1/s1. The van der Waals surface area contributed by atoms with Gasteiger partial charge in [0.1, 0.15) is 18.7 Å². The highest BCUT2D eigenvalue weighted by Gasteiger charge is 2.34. The zero-order valence-electron chi connectivity index (χ0n) is 14.0. The Morgan fingerprint density at radius 3 is 2.33 bits per heavy atom. The van der Waals surface area contributed by atoms with Crippen LogP contribution in [0.15, 0.2) is 54.6 Å². The summed E-state index contributed by atoms with van der Waals surface area (Å²) in [6.45, 7) is -0.0841. The molecule has 2 aromatic rings. The summed E-state index contributed by atoms with van der Waals surface area (Å²) in [5, 5.41) is 11.0. The minimum absolute atomic E-state index is 0.0841. The molecule has 0 spiro atoms. The first-order valence-electron chi connectivity index (χ1n) is 7.87. The molecule has 140 valence electrons. The van der Waals surface area contributed by atoms with Gasteiger partial charge < -0.3 is 10.1 Å². The van der Waals surface area contributed by atoms with Crippen molar-refractivity contribution in [2.75, 3.05) is 0 Å². The summed E-state index contributed by atoms with van der Waals surface area (Å²) in [5.74, 6) is -1.07. The van der Waals surface area contributed by atoms with Gasteiger partial charge in [0, 0.05) is 6.42 Å². The van der Waals surface area contributed by atoms with E-state index in [1.807, 2.05) is 0 Å². The van der Waals surface area contributed by atoms with Crippen molar-refractivity contribution in [3.05, 3.63) is 71.3 Å². The van der Waals surface area contributed by atoms with Crippen LogP contribution >= 0.6 is 0 Å². The van der Waals surface area contributed by atoms with E-state index >= 15 is 0 Å². The molecule has 2 rings (SSSR count). The molecule has 1 atom stereocenters. The van der Waals surface area contributed by atoms with E-state index < -0.39 is 36.1 Å². The molecule has 1 amide bonds. The number of carbonyl (C=O) groups excluding carboxylic acids is 2. The van der Waals surface area contributed by atoms with Crippen LogP contribution in [0.4, 0.5) is 18.0 Å². The summed E-state index contributed by atoms with van der Waals surface area (Å²) in [6.07, 6.45) is -6.11. The highest BCUT2D eigenvalue weighted by atomic mass is 19.4. The second kappa shape index (κ2) is 8.85. The number of carbonyl (C=O) groups is 2. The van der Waals surface area contributed by atoms with Crippen LogP contribution in [0.1, 0.15) is 16.7 Å². The van der Waals surface area contributed by atoms with Crippen LogP contribution < -0.4 is 5.32 Å². The summed E-state index contributed by atoms with van der Waals surface area (Å²) in [7, 11) is 0. The number of ether oxygens (including phenoxy) is 1. The molecule has 0 aliphatic heterocycles. The molecule has 0 saturated carbocycles. The lowest BCUT2D eigenvalue weighted by atomic mass is 9.98. The molecular weight excluding hydrogens is 361 g/mol. The van der Waals surface area contributed by atoms with E-state index in [9.17, 15) is 22.8 Å². The van der Waals surface area contributed by atoms with Gasteiger partial charge in [0.25, 0.3) is 5.78 Å². The first-order valence-corrected chi connectivity index (χ1v) is 7.87. The molecule has 0 saturated heterocycles. The predicted molar refractivity (Wildman–Crippen MR) is 89.3 cm³/mol. The molecule has 27 heavy (non-hydrogen) atoms. The highest BCUT2D eigenvalue weighted by Crippen LogP contribution is 2.32. The fourth-order valence-electron chi connectivity index (χ4n) is 2.39. The second-order valence-corrected chi connectivity index (χ2v) is 5.59. The maximum atomic E-state index is 13.1. The lowest BCUT2D eigenvalue weighted by Crippen LogP contribution is -2.42. The van der Waals surface area contributed by atoms with Crippen LogP contribution in [0, 0.1) is 11.3 Å². The van der Waals surface area contributed by atoms with Crippen molar-refractivity contribution in [1.29, 1.82) is 5.26 Å². The lowest BCUT2D eigenvalue weighted by molar-refractivity contribution is -0.138. The first kappa shape index (κ1) is 20.0. The number of ketones is 1. The van der Waals surface area contributed by atoms with Gasteiger partial charge in [-0.15, -0.1) is 0 Å². The van der Waals surface area contributed by atoms with E-state index in [-0.39, 0.29) is 12.2 Å². The van der Waals surface area contributed by atoms with E-state index in [1.54, 1.807) is 30.3 Å². The number of alkyl carbamates (subject to hydrolysis) is 1. The Morgan fingerprint density at radius 2 is 1.70 bits per heavy atom. The van der Waals surface area contributed by atoms with Crippen LogP contribution in [0.5, 0.6) is 0 Å². The number of rotatable bonds is 6. The average molecular weight is 376 g/mol. The molecule has 0 aromatic heterocycles. The second-order valence-electron chi connectivity index (χ2n) is 5.59. The summed E-state index contributed by atoms with van der Waals surface area (Å²) >= 11 is 0. The van der Waals surface area contributed by atoms with Crippen LogP contribution in [0.2, 0.25) is 0 Å². The Labute approximate surface area is 153 Å². The van der Waals surface area contributed by atoms with Gasteiger partial charge in [0.15, 0.2) is 0 Å². The van der Waals surface area contributed by atoms with E-state index in [1.165, 1.54) is 24.3 Å². The number of hydrogen-bond donors (Lipinski definition) is 1. The molecule has 8 heteroatoms. The Kier molecular flexibility index (Phi) is 6.55. The molecule has 0 aliphatic rings. The van der Waals surface area contributed by atoms with Gasteiger partial charge in [0.2, 0.25) is 0 Å². The third-order valence-corrected chi connectivity index (χ3v) is 3.68. The van der Waals surface area contributed by atoms with Gasteiger partial charge in [-0.25, -0.2) is 4.79 Å². The molecule has 1 N–H and O–H groups in total. The van der Waals surface area contributed by atoms with E-state index in [2.05, 4.69) is 5.32 Å². The number of Topliss-reactive ketones (excluding diaryl/α,β-unsaturated/α-hetero) is 1. The first-order chi connectivity index (χ1) is 12.8. The van der Waals surface area contributed by atoms with Crippen molar-refractivity contribution in [2.45, 2.75) is 25.2 Å². The van der Waals surface area contributed by atoms with Crippen molar-refractivity contribution in [3.63, 3.8) is 0 Å². The topological polar surface area (TPSA) is 79.2 Å². The number of nitrogens with one attached hydrogen (secondary N) is 1. The van der Waals surface area contributed by atoms with Crippen LogP contribution in [0.3, 0.4) is 0 Å². The van der Waals surface area contributed by atoms with Gasteiger partial charge in [0.05, 0.1) is 5.56 Å². The lowest BCUT2D eigenvalue weighted by Gasteiger charge is -2.18. The third-order valence-electron chi connectivity index (χ3n) is 3.68. The van der Waals surface area contributed by atoms with Crippen molar-refractivity contribution >= 4 is 11.9 Å². The van der Waals surface area contributed by atoms with Crippen molar-refractivity contribution in [1.82, 2.24) is 5.32 Å². The summed E-state index contributed by atoms with van der Waals surface area (Å²) in [4.78, 5) is 23.7. The molecule has 0 bridgehead atoms. The molecule has 0 radical (unpaired) electrons. The molecule has 0 unspecified atom stereocenters. The van der Waals surface area contributed by atoms with Gasteiger partial charge in [-0.2, -0.15) is 18.4 Å². The quantitative estimate of drug-likeness (QED) is 0.781. The smallest absolute Gasteiger partial charge is 0.416 e. The molecule has 5 nitrogen and oxygen atoms in total. The van der Waals surface area contributed by atoms with Gasteiger partial charge in [-0.1, -0.05) is 48.5 Å². The molecule has 0 heterocycles. The van der Waals surface area contributed by atoms with E-state index in [4.69, 9.17) is 10.00 Å². The fraction of sp³-hybridized carbons (Fsp3) is 0.211. The largest absolute Gasteiger partial charge is 0.445 e. The van der Waals surface area contributed by atoms with E-state index in [0.717, 1.165) is 6.07 Å². The monoisotopic (exact) mass is 376 g/mol. The summed E-state index contributed by atoms with van der Waals surface area (Å²) in [5.41, 5.74) is -0.444. The van der Waals surface area contributed by atoms with Crippen molar-refractivity contribution in [3.8, 4) is 6.07 Å². The normalized spacial score (nSPS) is 11.9. The number of nitrogens with zero attached hydrogens (tertiary/aromatic N) is 1. The van der Waals surface area contributed by atoms with Crippen LogP contribution in [-0.4, -0.2) is 17.9 Å². The van der Waals surface area contributed by atoms with Crippen LogP contribution in [-0.2, 0) is 28.7 Å². The zero-order chi connectivity index (χ0) is 19.9. The Morgan fingerprint density at radius 1 is 1.07 bits per heavy atom. The number of benzene rings is 2. The Balaban J connectivity index is 2.09. The van der Waals surface area contributed by atoms with Crippen LogP contribution in [0.25, 0.3) is 0 Å². The molecular formula is C19H15F3N2O3. The van der Waals surface area contributed by atoms with Crippen molar-refractivity contribution in [2.24, 2.45) is 0 Å². The zero-order valence-corrected chi connectivity index (χ0v) is 14.0. The Hall–Kier alpha value is -3.34. The SMILES string of the molecule is N#CC(=O)[C@@H](Cc1ccccc1C(F)(F)F)NC(=O)OCc1ccccc1. The van der Waals surface area contributed by atoms with Crippen molar-refractivity contribution < 1.29 is 27.5 Å². The van der Waals surface area contributed by atoms with Gasteiger partial charge in [-0.3, -0.25) is 4.79 Å². The van der Waals surface area contributed by atoms with E-state index in [0.29, 0.717) is 5.56 Å². The fourth-order valence-corrected chi connectivity index (χ4v) is 2.39. The molecule has 2 aromatic carbocycles. The number of hydrogen-bond acceptors (Lipinski definition) is 4. The number of alkyl halides is 3. The maximum Gasteiger partial charge on any atom is 0.416 e. The maximum absolute atomic E-state index is 13.1. The average Bonchev–Trinajstić information content (AvgIpc) is 2.65.